The quantitative estimate of drug-likeness (QED) is 0.0821. The molecule has 0 aliphatic heterocycles. The molecule has 0 aliphatic rings. The van der Waals surface area contributed by atoms with Crippen LogP contribution in [0.25, 0.3) is 264 Å². The zero-order valence-electron chi connectivity index (χ0n) is 79.0. The van der Waals surface area contributed by atoms with Gasteiger partial charge in [0.2, 0.25) is 0 Å². The first-order chi connectivity index (χ1) is 72.3. The van der Waals surface area contributed by atoms with Crippen LogP contribution in [0.3, 0.4) is 0 Å². The molecule has 0 saturated carbocycles. The van der Waals surface area contributed by atoms with Gasteiger partial charge < -0.3 is 4.57 Å². The van der Waals surface area contributed by atoms with Crippen LogP contribution < -0.4 is 15.9 Å². The average molecular weight is 1880 g/mol. The molecule has 0 radical (unpaired) electrons. The van der Waals surface area contributed by atoms with Gasteiger partial charge >= 0.3 is 0 Å². The van der Waals surface area contributed by atoms with Crippen LogP contribution in [0.5, 0.6) is 0 Å². The summed E-state index contributed by atoms with van der Waals surface area (Å²) in [5.41, 5.74) is 22.9. The number of hydrogen-bond acceptors (Lipinski definition) is 9. The molecule has 0 amide bonds. The molecular formula is C136H85N8OP. The van der Waals surface area contributed by atoms with Crippen molar-refractivity contribution in [2.45, 2.75) is 0 Å². The summed E-state index contributed by atoms with van der Waals surface area (Å²) in [4.78, 5) is 40.4. The zero-order chi connectivity index (χ0) is 96.7. The Balaban J connectivity index is 0.000000109. The lowest BCUT2D eigenvalue weighted by Gasteiger charge is -2.20. The Labute approximate surface area is 841 Å². The predicted octanol–water partition coefficient (Wildman–Crippen LogP) is 34.1. The van der Waals surface area contributed by atoms with Crippen LogP contribution in [0.4, 0.5) is 0 Å². The Hall–Kier alpha value is -19.1. The number of pyridine rings is 5. The molecule has 10 heteroatoms. The van der Waals surface area contributed by atoms with E-state index in [0.717, 1.165) is 154 Å². The van der Waals surface area contributed by atoms with Gasteiger partial charge in [-0.2, -0.15) is 0 Å². The second-order valence-corrected chi connectivity index (χ2v) is 40.0. The van der Waals surface area contributed by atoms with E-state index in [9.17, 15) is 4.57 Å². The van der Waals surface area contributed by atoms with Crippen molar-refractivity contribution in [3.63, 3.8) is 0 Å². The van der Waals surface area contributed by atoms with Crippen molar-refractivity contribution in [2.75, 3.05) is 0 Å². The monoisotopic (exact) mass is 1880 g/mol. The van der Waals surface area contributed by atoms with Gasteiger partial charge in [-0.1, -0.05) is 455 Å². The molecule has 23 aromatic carbocycles. The summed E-state index contributed by atoms with van der Waals surface area (Å²) in [6.07, 6.45) is 3.76. The highest BCUT2D eigenvalue weighted by molar-refractivity contribution is 7.85. The molecule has 29 aromatic rings. The molecule has 9 nitrogen and oxygen atoms in total. The molecule has 0 fully saturated rings. The first-order valence-corrected chi connectivity index (χ1v) is 51.0. The van der Waals surface area contributed by atoms with Gasteiger partial charge in [-0.15, -0.1) is 0 Å². The van der Waals surface area contributed by atoms with Crippen molar-refractivity contribution in [1.29, 1.82) is 0 Å². The predicted molar refractivity (Wildman–Crippen MR) is 612 cm³/mol. The van der Waals surface area contributed by atoms with Gasteiger partial charge in [0.25, 0.3) is 0 Å². The maximum Gasteiger partial charge on any atom is 0.171 e. The molecule has 6 aromatic heterocycles. The van der Waals surface area contributed by atoms with Crippen molar-refractivity contribution in [1.82, 2.24) is 39.9 Å². The summed E-state index contributed by atoms with van der Waals surface area (Å²) < 4.78 is 15.0. The van der Waals surface area contributed by atoms with E-state index < -0.39 is 7.14 Å². The highest BCUT2D eigenvalue weighted by Crippen LogP contribution is 2.50. The maximum absolute atomic E-state index is 15.0. The summed E-state index contributed by atoms with van der Waals surface area (Å²) >= 11 is 0. The molecule has 0 unspecified atom stereocenters. The minimum atomic E-state index is -3.08. The lowest BCUT2D eigenvalue weighted by molar-refractivity contribution is 0.592. The van der Waals surface area contributed by atoms with Crippen molar-refractivity contribution in [2.24, 2.45) is 0 Å². The summed E-state index contributed by atoms with van der Waals surface area (Å²) in [5.74, 6) is 1.89. The van der Waals surface area contributed by atoms with Gasteiger partial charge in [-0.05, 0) is 147 Å². The van der Waals surface area contributed by atoms with Crippen molar-refractivity contribution < 1.29 is 4.57 Å². The number of rotatable bonds is 13. The fourth-order valence-electron chi connectivity index (χ4n) is 22.1. The molecule has 146 heavy (non-hydrogen) atoms. The van der Waals surface area contributed by atoms with Gasteiger partial charge in [-0.25, -0.2) is 29.9 Å². The summed E-state index contributed by atoms with van der Waals surface area (Å²) in [5, 5.41) is 30.1. The first-order valence-electron chi connectivity index (χ1n) is 49.3. The molecule has 0 atom stereocenters. The number of fused-ring (bicyclic) bond motifs is 17. The fourth-order valence-corrected chi connectivity index (χ4v) is 24.8. The topological polar surface area (TPSA) is 120 Å². The molecule has 0 bridgehead atoms. The van der Waals surface area contributed by atoms with Gasteiger partial charge in [0.05, 0.1) is 44.7 Å². The highest BCUT2D eigenvalue weighted by atomic mass is 31.2. The van der Waals surface area contributed by atoms with E-state index in [1.54, 1.807) is 0 Å². The SMILES string of the molecule is O=P(c1ccccc1)(c1ccccc1)c1ccc(-c2nc3ccccc3c3c2cc(-c2ccccc2)c2ccccc23)cc1.c1ccc(-c2nc(-c3ccccc3)nc(-c3ccc(-c4nc5ccccc5c5c4cc(-c4cccc6cccnc46)c4ccccc45)cc3)n2)cc1.c1cnc2c(-c3cc4c(-c5ccc(-c6ccc7ccc8cccc9ccc6c7c89)cc5)nc5ccccc5c4c4ccccc34)cccc2c1. The van der Waals surface area contributed by atoms with Crippen molar-refractivity contribution in [3.8, 4) is 112 Å². The van der Waals surface area contributed by atoms with E-state index in [0.29, 0.717) is 17.5 Å². The van der Waals surface area contributed by atoms with E-state index in [-0.39, 0.29) is 0 Å². The van der Waals surface area contributed by atoms with Crippen LogP contribution in [0.1, 0.15) is 0 Å². The smallest absolute Gasteiger partial charge is 0.171 e. The molecule has 0 aliphatic carbocycles. The Morgan fingerprint density at radius 2 is 0.452 bits per heavy atom. The number of aromatic nitrogens is 8. The first kappa shape index (κ1) is 86.1. The van der Waals surface area contributed by atoms with Gasteiger partial charge in [0, 0.05) is 132 Å². The number of para-hydroxylation sites is 5. The second kappa shape index (κ2) is 36.2. The number of benzene rings is 23. The number of hydrogen-bond donors (Lipinski definition) is 0. The van der Waals surface area contributed by atoms with E-state index in [2.05, 4.69) is 352 Å². The second-order valence-electron chi connectivity index (χ2n) is 37.2. The molecule has 0 spiro atoms. The van der Waals surface area contributed by atoms with Crippen LogP contribution >= 0.6 is 7.14 Å². The molecular weight excluding hydrogens is 1790 g/mol. The van der Waals surface area contributed by atoms with Crippen LogP contribution in [0.15, 0.2) is 516 Å². The molecule has 29 rings (SSSR count). The molecule has 0 saturated heterocycles. The summed E-state index contributed by atoms with van der Waals surface area (Å²) in [6.45, 7) is 0. The van der Waals surface area contributed by atoms with E-state index in [1.165, 1.54) is 109 Å². The highest BCUT2D eigenvalue weighted by Gasteiger charge is 2.31. The van der Waals surface area contributed by atoms with Gasteiger partial charge in [-0.3, -0.25) is 9.97 Å². The Morgan fingerprint density at radius 3 is 0.884 bits per heavy atom. The third-order valence-corrected chi connectivity index (χ3v) is 32.0. The minimum absolute atomic E-state index is 0.618. The van der Waals surface area contributed by atoms with E-state index >= 15 is 0 Å². The standard InChI is InChI=1S/C48H28N2.C47H29N5.C41H28NOP/c1-2-13-37-36(12-1)41(39-15-6-10-33-11-7-27-49-47(33)39)28-42-46(37)40-14-3-4-16-43(40)50-48(42)34-21-17-29(18-22-34)35-25-23-32-20-19-30-8-5-9-31-24-26-38(35)45(32)44(30)31;1-3-13-32(14-4-1)45-50-46(33-15-5-2-6-16-33)52-47(51-45)34-26-24-31(25-27-34)44-40-29-39(37-22-11-17-30-18-12-28-48-43(30)37)35-19-7-8-20-36(35)42(40)38-21-9-10-23-41(38)49-44;43-44(31-16-6-2-7-17-31,32-18-8-3-9-19-32)33-26-24-30(25-27-33)41-38-28-37(29-14-4-1-5-15-29)34-20-10-11-21-35(34)40(38)36-22-12-13-23-39(36)42-41/h1-28H;1-29H;1-28H. The van der Waals surface area contributed by atoms with E-state index in [4.69, 9.17) is 39.9 Å². The van der Waals surface area contributed by atoms with Crippen LogP contribution in [-0.4, -0.2) is 39.9 Å². The molecule has 680 valence electrons. The Kier molecular flexibility index (Phi) is 21.4. The van der Waals surface area contributed by atoms with E-state index in [1.807, 2.05) is 164 Å². The van der Waals surface area contributed by atoms with Crippen molar-refractivity contribution >= 4 is 175 Å². The molecule has 0 N–H and O–H groups in total. The van der Waals surface area contributed by atoms with Gasteiger partial charge in [0.1, 0.15) is 0 Å². The maximum atomic E-state index is 15.0. The summed E-state index contributed by atoms with van der Waals surface area (Å²) in [6, 6.07) is 176. The zero-order valence-corrected chi connectivity index (χ0v) is 79.9. The van der Waals surface area contributed by atoms with Crippen LogP contribution in [0, 0.1) is 0 Å². The normalized spacial score (nSPS) is 11.7. The molecule has 6 heterocycles. The lowest BCUT2D eigenvalue weighted by atomic mass is 9.88. The largest absolute Gasteiger partial charge is 0.309 e. The Bertz CT molecular complexity index is 10100. The lowest BCUT2D eigenvalue weighted by Crippen LogP contribution is -2.24. The summed E-state index contributed by atoms with van der Waals surface area (Å²) in [7, 11) is -3.08. The van der Waals surface area contributed by atoms with Crippen LogP contribution in [-0.2, 0) is 4.57 Å². The van der Waals surface area contributed by atoms with Gasteiger partial charge in [0.15, 0.2) is 24.6 Å². The average Bonchev–Trinajstić information content (AvgIpc) is 0.714. The van der Waals surface area contributed by atoms with Crippen molar-refractivity contribution in [3.05, 3.63) is 516 Å². The fraction of sp³-hybridized carbons (Fsp3) is 0. The third kappa shape index (κ3) is 15.0. The Morgan fingerprint density at radius 1 is 0.158 bits per heavy atom. The third-order valence-electron chi connectivity index (χ3n) is 28.9. The number of nitrogens with zero attached hydrogens (tertiary/aromatic N) is 8. The minimum Gasteiger partial charge on any atom is -0.309 e. The van der Waals surface area contributed by atoms with Crippen LogP contribution in [0.2, 0.25) is 0 Å².